The van der Waals surface area contributed by atoms with Crippen molar-refractivity contribution in [3.63, 3.8) is 0 Å². The predicted molar refractivity (Wildman–Crippen MR) is 82.7 cm³/mol. The molecule has 0 heterocycles. The van der Waals surface area contributed by atoms with Crippen LogP contribution in [0.5, 0.6) is 5.75 Å². The lowest BCUT2D eigenvalue weighted by Gasteiger charge is -2.05. The first-order valence-corrected chi connectivity index (χ1v) is 6.87. The average molecular weight is 265 g/mol. The standard InChI is InChI=1S/C18H19NO/c1-3-9-17(10-4-1)11-7-14-19-15-8-16-20-18-12-5-2-6-13-18/h1-6,9-10,12-13,19H,8,14-16H2. The summed E-state index contributed by atoms with van der Waals surface area (Å²) >= 11 is 0. The van der Waals surface area contributed by atoms with Gasteiger partial charge in [0.05, 0.1) is 13.2 Å². The van der Waals surface area contributed by atoms with Gasteiger partial charge < -0.3 is 10.1 Å². The number of benzene rings is 2. The number of rotatable bonds is 6. The van der Waals surface area contributed by atoms with Crippen molar-refractivity contribution >= 4 is 0 Å². The fourth-order valence-electron chi connectivity index (χ4n) is 1.72. The molecule has 2 aromatic carbocycles. The van der Waals surface area contributed by atoms with E-state index in [-0.39, 0.29) is 0 Å². The van der Waals surface area contributed by atoms with Crippen molar-refractivity contribution in [3.05, 3.63) is 66.2 Å². The lowest BCUT2D eigenvalue weighted by atomic mass is 10.2. The van der Waals surface area contributed by atoms with E-state index in [1.54, 1.807) is 0 Å². The molecule has 0 bridgehead atoms. The summed E-state index contributed by atoms with van der Waals surface area (Å²) in [6.45, 7) is 2.35. The summed E-state index contributed by atoms with van der Waals surface area (Å²) in [6.07, 6.45) is 0.974. The fourth-order valence-corrected chi connectivity index (χ4v) is 1.72. The molecule has 0 amide bonds. The van der Waals surface area contributed by atoms with E-state index < -0.39 is 0 Å². The van der Waals surface area contributed by atoms with Crippen LogP contribution in [0.2, 0.25) is 0 Å². The smallest absolute Gasteiger partial charge is 0.119 e. The van der Waals surface area contributed by atoms with Crippen molar-refractivity contribution < 1.29 is 4.74 Å². The molecule has 0 aliphatic heterocycles. The van der Waals surface area contributed by atoms with Gasteiger partial charge in [0, 0.05) is 5.56 Å². The molecular formula is C18H19NO. The zero-order valence-electron chi connectivity index (χ0n) is 11.5. The molecule has 0 unspecified atom stereocenters. The van der Waals surface area contributed by atoms with Gasteiger partial charge in [-0.1, -0.05) is 48.2 Å². The van der Waals surface area contributed by atoms with Gasteiger partial charge in [0.2, 0.25) is 0 Å². The molecule has 0 atom stereocenters. The molecule has 2 aromatic rings. The normalized spacial score (nSPS) is 9.60. The van der Waals surface area contributed by atoms with Gasteiger partial charge in [0.25, 0.3) is 0 Å². The molecule has 0 fully saturated rings. The molecule has 20 heavy (non-hydrogen) atoms. The molecule has 2 heteroatoms. The molecule has 2 nitrogen and oxygen atoms in total. The first kappa shape index (κ1) is 14.2. The number of ether oxygens (including phenoxy) is 1. The van der Waals surface area contributed by atoms with Gasteiger partial charge in [-0.25, -0.2) is 0 Å². The van der Waals surface area contributed by atoms with Gasteiger partial charge in [0.15, 0.2) is 0 Å². The minimum absolute atomic E-state index is 0.709. The number of hydrogen-bond donors (Lipinski definition) is 1. The van der Waals surface area contributed by atoms with Gasteiger partial charge >= 0.3 is 0 Å². The molecule has 0 saturated carbocycles. The number of nitrogens with one attached hydrogen (secondary N) is 1. The zero-order chi connectivity index (χ0) is 13.9. The fraction of sp³-hybridized carbons (Fsp3) is 0.222. The van der Waals surface area contributed by atoms with Crippen LogP contribution in [0.4, 0.5) is 0 Å². The summed E-state index contributed by atoms with van der Waals surface area (Å²) in [5, 5.41) is 3.29. The van der Waals surface area contributed by atoms with Crippen LogP contribution in [0.1, 0.15) is 12.0 Å². The van der Waals surface area contributed by atoms with Crippen LogP contribution in [0.15, 0.2) is 60.7 Å². The van der Waals surface area contributed by atoms with Crippen LogP contribution < -0.4 is 10.1 Å². The van der Waals surface area contributed by atoms with Gasteiger partial charge in [-0.15, -0.1) is 0 Å². The Labute approximate surface area is 120 Å². The van der Waals surface area contributed by atoms with Gasteiger partial charge in [-0.3, -0.25) is 0 Å². The molecule has 2 rings (SSSR count). The van der Waals surface area contributed by atoms with Crippen LogP contribution in [-0.4, -0.2) is 19.7 Å². The lowest BCUT2D eigenvalue weighted by molar-refractivity contribution is 0.309. The van der Waals surface area contributed by atoms with Crippen LogP contribution in [-0.2, 0) is 0 Å². The third-order valence-electron chi connectivity index (χ3n) is 2.73. The highest BCUT2D eigenvalue weighted by atomic mass is 16.5. The van der Waals surface area contributed by atoms with Crippen LogP contribution in [0, 0.1) is 11.8 Å². The Morgan fingerprint density at radius 2 is 1.60 bits per heavy atom. The van der Waals surface area contributed by atoms with Crippen molar-refractivity contribution in [1.82, 2.24) is 5.32 Å². The Balaban J connectivity index is 1.53. The van der Waals surface area contributed by atoms with E-state index in [0.29, 0.717) is 6.54 Å². The molecular weight excluding hydrogens is 246 g/mol. The largest absolute Gasteiger partial charge is 0.494 e. The van der Waals surface area contributed by atoms with Crippen molar-refractivity contribution in [2.45, 2.75) is 6.42 Å². The molecule has 0 spiro atoms. The van der Waals surface area contributed by atoms with Gasteiger partial charge in [-0.05, 0) is 37.2 Å². The minimum atomic E-state index is 0.709. The minimum Gasteiger partial charge on any atom is -0.494 e. The van der Waals surface area contributed by atoms with Crippen LogP contribution >= 0.6 is 0 Å². The SMILES string of the molecule is C(#Cc1ccccc1)CNCCCOc1ccccc1. The average Bonchev–Trinajstić information content (AvgIpc) is 2.52. The summed E-state index contributed by atoms with van der Waals surface area (Å²) in [5.41, 5.74) is 1.06. The number of hydrogen-bond acceptors (Lipinski definition) is 2. The molecule has 0 aromatic heterocycles. The molecule has 0 saturated heterocycles. The van der Waals surface area contributed by atoms with Gasteiger partial charge in [-0.2, -0.15) is 0 Å². The topological polar surface area (TPSA) is 21.3 Å². The summed E-state index contributed by atoms with van der Waals surface area (Å²) < 4.78 is 5.61. The van der Waals surface area contributed by atoms with E-state index in [1.807, 2.05) is 60.7 Å². The van der Waals surface area contributed by atoms with Crippen molar-refractivity contribution in [3.8, 4) is 17.6 Å². The summed E-state index contributed by atoms with van der Waals surface area (Å²) in [4.78, 5) is 0. The maximum Gasteiger partial charge on any atom is 0.119 e. The Hall–Kier alpha value is -2.24. The quantitative estimate of drug-likeness (QED) is 0.640. The second-order valence-corrected chi connectivity index (χ2v) is 4.36. The maximum atomic E-state index is 5.61. The highest BCUT2D eigenvalue weighted by Gasteiger charge is 1.91. The molecule has 0 aliphatic rings. The first-order chi connectivity index (χ1) is 9.95. The van der Waals surface area contributed by atoms with E-state index >= 15 is 0 Å². The monoisotopic (exact) mass is 265 g/mol. The van der Waals surface area contributed by atoms with E-state index in [0.717, 1.165) is 30.9 Å². The van der Waals surface area contributed by atoms with Gasteiger partial charge in [0.1, 0.15) is 5.75 Å². The second-order valence-electron chi connectivity index (χ2n) is 4.36. The summed E-state index contributed by atoms with van der Waals surface area (Å²) in [5.74, 6) is 7.15. The Kier molecular flexibility index (Phi) is 6.23. The molecule has 1 N–H and O–H groups in total. The zero-order valence-corrected chi connectivity index (χ0v) is 11.5. The van der Waals surface area contributed by atoms with E-state index in [4.69, 9.17) is 4.74 Å². The third kappa shape index (κ3) is 5.60. The Bertz CT molecular complexity index is 540. The van der Waals surface area contributed by atoms with Crippen molar-refractivity contribution in [1.29, 1.82) is 0 Å². The molecule has 102 valence electrons. The molecule has 0 radical (unpaired) electrons. The lowest BCUT2D eigenvalue weighted by Crippen LogP contribution is -2.17. The molecule has 0 aliphatic carbocycles. The number of para-hydroxylation sites is 1. The predicted octanol–water partition coefficient (Wildman–Crippen LogP) is 3.10. The highest BCUT2D eigenvalue weighted by molar-refractivity contribution is 5.33. The second kappa shape index (κ2) is 8.79. The van der Waals surface area contributed by atoms with E-state index in [2.05, 4.69) is 17.2 Å². The van der Waals surface area contributed by atoms with Crippen molar-refractivity contribution in [2.75, 3.05) is 19.7 Å². The third-order valence-corrected chi connectivity index (χ3v) is 2.73. The van der Waals surface area contributed by atoms with Crippen LogP contribution in [0.3, 0.4) is 0 Å². The highest BCUT2D eigenvalue weighted by Crippen LogP contribution is 2.07. The first-order valence-electron chi connectivity index (χ1n) is 6.87. The Morgan fingerprint density at radius 3 is 2.35 bits per heavy atom. The summed E-state index contributed by atoms with van der Waals surface area (Å²) in [6, 6.07) is 19.9. The maximum absolute atomic E-state index is 5.61. The van der Waals surface area contributed by atoms with E-state index in [1.165, 1.54) is 0 Å². The summed E-state index contributed by atoms with van der Waals surface area (Å²) in [7, 11) is 0. The van der Waals surface area contributed by atoms with Crippen LogP contribution in [0.25, 0.3) is 0 Å². The van der Waals surface area contributed by atoms with E-state index in [9.17, 15) is 0 Å². The van der Waals surface area contributed by atoms with Crippen molar-refractivity contribution in [2.24, 2.45) is 0 Å². The Morgan fingerprint density at radius 1 is 0.900 bits per heavy atom.